The predicted molar refractivity (Wildman–Crippen MR) is 102 cm³/mol. The van der Waals surface area contributed by atoms with E-state index in [0.29, 0.717) is 0 Å². The molecule has 25 heavy (non-hydrogen) atoms. The van der Waals surface area contributed by atoms with Crippen molar-refractivity contribution in [2.75, 3.05) is 7.11 Å². The minimum absolute atomic E-state index is 0.237. The predicted octanol–water partition coefficient (Wildman–Crippen LogP) is 5.28. The number of carbonyl (C=O) groups is 1. The molecule has 1 atom stereocenters. The van der Waals surface area contributed by atoms with Crippen LogP contribution in [0.1, 0.15) is 28.2 Å². The minimum Gasteiger partial charge on any atom is -0.468 e. The number of rotatable bonds is 4. The lowest BCUT2D eigenvalue weighted by atomic mass is 9.84. The third kappa shape index (κ3) is 3.48. The van der Waals surface area contributed by atoms with Gasteiger partial charge in [-0.15, -0.1) is 0 Å². The van der Waals surface area contributed by atoms with Gasteiger partial charge in [0.05, 0.1) is 7.11 Å². The van der Waals surface area contributed by atoms with Gasteiger partial charge in [-0.3, -0.25) is 4.79 Å². The molecule has 0 aliphatic heterocycles. The maximum Gasteiger partial charge on any atom is 0.317 e. The molecule has 3 aromatic rings. The smallest absolute Gasteiger partial charge is 0.317 e. The van der Waals surface area contributed by atoms with Gasteiger partial charge in [0.15, 0.2) is 0 Å². The molecule has 0 spiro atoms. The second kappa shape index (κ2) is 7.35. The number of aryl methyl sites for hydroxylation is 1. The van der Waals surface area contributed by atoms with Crippen molar-refractivity contribution >= 4 is 5.97 Å². The summed E-state index contributed by atoms with van der Waals surface area (Å²) in [6, 6.07) is 24.3. The van der Waals surface area contributed by atoms with Gasteiger partial charge in [-0.1, -0.05) is 66.7 Å². The number of ether oxygens (including phenoxy) is 1. The Morgan fingerprint density at radius 2 is 1.44 bits per heavy atom. The monoisotopic (exact) mass is 330 g/mol. The number of benzene rings is 3. The molecule has 0 heterocycles. The topological polar surface area (TPSA) is 26.3 Å². The first-order chi connectivity index (χ1) is 12.1. The highest BCUT2D eigenvalue weighted by Crippen LogP contribution is 2.33. The lowest BCUT2D eigenvalue weighted by molar-refractivity contribution is -0.141. The fourth-order valence-electron chi connectivity index (χ4n) is 3.19. The van der Waals surface area contributed by atoms with E-state index in [9.17, 15) is 4.79 Å². The number of hydrogen-bond acceptors (Lipinski definition) is 2. The van der Waals surface area contributed by atoms with Crippen LogP contribution in [0.5, 0.6) is 0 Å². The van der Waals surface area contributed by atoms with Crippen LogP contribution >= 0.6 is 0 Å². The van der Waals surface area contributed by atoms with Crippen LogP contribution in [0.4, 0.5) is 0 Å². The molecule has 2 nitrogen and oxygen atoms in total. The largest absolute Gasteiger partial charge is 0.468 e. The molecule has 0 aromatic heterocycles. The first-order valence-electron chi connectivity index (χ1n) is 8.41. The van der Waals surface area contributed by atoms with Crippen molar-refractivity contribution in [2.24, 2.45) is 0 Å². The van der Waals surface area contributed by atoms with Crippen LogP contribution in [0.3, 0.4) is 0 Å². The zero-order chi connectivity index (χ0) is 17.8. The normalized spacial score (nSPS) is 11.8. The summed E-state index contributed by atoms with van der Waals surface area (Å²) in [6.45, 7) is 4.16. The number of esters is 1. The standard InChI is InChI=1S/C23H22O2/c1-16-14-20(18-10-6-4-7-11-18)15-21(17(16)2)22(23(24)25-3)19-12-8-5-9-13-19/h4-15,22H,1-3H3. The van der Waals surface area contributed by atoms with Crippen molar-refractivity contribution < 1.29 is 9.53 Å². The Balaban J connectivity index is 2.19. The first-order valence-corrected chi connectivity index (χ1v) is 8.41. The van der Waals surface area contributed by atoms with Crippen LogP contribution in [0.15, 0.2) is 72.8 Å². The van der Waals surface area contributed by atoms with Crippen molar-refractivity contribution in [1.29, 1.82) is 0 Å². The Hall–Kier alpha value is -2.87. The molecule has 0 N–H and O–H groups in total. The summed E-state index contributed by atoms with van der Waals surface area (Å²) < 4.78 is 5.12. The molecular weight excluding hydrogens is 308 g/mol. The maximum absolute atomic E-state index is 12.6. The molecule has 0 saturated heterocycles. The Kier molecular flexibility index (Phi) is 4.99. The van der Waals surface area contributed by atoms with Gasteiger partial charge in [-0.2, -0.15) is 0 Å². The Morgan fingerprint density at radius 1 is 0.840 bits per heavy atom. The minimum atomic E-state index is -0.423. The molecule has 0 amide bonds. The highest BCUT2D eigenvalue weighted by atomic mass is 16.5. The summed E-state index contributed by atoms with van der Waals surface area (Å²) in [7, 11) is 1.45. The van der Waals surface area contributed by atoms with E-state index in [2.05, 4.69) is 38.1 Å². The van der Waals surface area contributed by atoms with Gasteiger partial charge in [-0.25, -0.2) is 0 Å². The van der Waals surface area contributed by atoms with Gasteiger partial charge in [0.25, 0.3) is 0 Å². The third-order valence-electron chi connectivity index (χ3n) is 4.70. The zero-order valence-electron chi connectivity index (χ0n) is 14.8. The van der Waals surface area contributed by atoms with E-state index in [1.807, 2.05) is 48.5 Å². The summed E-state index contributed by atoms with van der Waals surface area (Å²) in [5, 5.41) is 0. The second-order valence-electron chi connectivity index (χ2n) is 6.24. The van der Waals surface area contributed by atoms with E-state index in [-0.39, 0.29) is 5.97 Å². The average molecular weight is 330 g/mol. The van der Waals surface area contributed by atoms with Gasteiger partial charge < -0.3 is 4.74 Å². The van der Waals surface area contributed by atoms with Gasteiger partial charge in [-0.05, 0) is 53.3 Å². The van der Waals surface area contributed by atoms with Crippen LogP contribution < -0.4 is 0 Å². The summed E-state index contributed by atoms with van der Waals surface area (Å²) in [4.78, 5) is 12.6. The molecular formula is C23H22O2. The Morgan fingerprint density at radius 3 is 2.04 bits per heavy atom. The van der Waals surface area contributed by atoms with Crippen molar-refractivity contribution in [3.8, 4) is 11.1 Å². The van der Waals surface area contributed by atoms with Gasteiger partial charge in [0, 0.05) is 0 Å². The molecule has 3 aromatic carbocycles. The van der Waals surface area contributed by atoms with Crippen molar-refractivity contribution in [1.82, 2.24) is 0 Å². The van der Waals surface area contributed by atoms with Gasteiger partial charge >= 0.3 is 5.97 Å². The van der Waals surface area contributed by atoms with Crippen LogP contribution in [0, 0.1) is 13.8 Å². The van der Waals surface area contributed by atoms with Gasteiger partial charge in [0.1, 0.15) is 5.92 Å². The molecule has 1 unspecified atom stereocenters. The zero-order valence-corrected chi connectivity index (χ0v) is 14.8. The summed E-state index contributed by atoms with van der Waals surface area (Å²) in [5.74, 6) is -0.660. The van der Waals surface area contributed by atoms with Crippen molar-refractivity contribution in [3.63, 3.8) is 0 Å². The van der Waals surface area contributed by atoms with Crippen molar-refractivity contribution in [3.05, 3.63) is 95.1 Å². The molecule has 0 fully saturated rings. The lowest BCUT2D eigenvalue weighted by Crippen LogP contribution is -2.17. The summed E-state index contributed by atoms with van der Waals surface area (Å²) in [6.07, 6.45) is 0. The first kappa shape index (κ1) is 17.0. The Labute approximate surface area is 149 Å². The van der Waals surface area contributed by atoms with E-state index in [0.717, 1.165) is 27.8 Å². The fraction of sp³-hybridized carbons (Fsp3) is 0.174. The van der Waals surface area contributed by atoms with Crippen LogP contribution in [0.2, 0.25) is 0 Å². The molecule has 126 valence electrons. The van der Waals surface area contributed by atoms with Crippen LogP contribution in [-0.4, -0.2) is 13.1 Å². The summed E-state index contributed by atoms with van der Waals surface area (Å²) >= 11 is 0. The van der Waals surface area contributed by atoms with E-state index >= 15 is 0 Å². The van der Waals surface area contributed by atoms with E-state index in [1.54, 1.807) is 0 Å². The fourth-order valence-corrected chi connectivity index (χ4v) is 3.19. The molecule has 0 bridgehead atoms. The molecule has 0 radical (unpaired) electrons. The number of methoxy groups -OCH3 is 1. The van der Waals surface area contributed by atoms with Crippen LogP contribution in [0.25, 0.3) is 11.1 Å². The molecule has 2 heteroatoms. The molecule has 3 rings (SSSR count). The molecule has 0 aliphatic carbocycles. The SMILES string of the molecule is COC(=O)C(c1ccccc1)c1cc(-c2ccccc2)cc(C)c1C. The van der Waals surface area contributed by atoms with Crippen LogP contribution in [-0.2, 0) is 9.53 Å². The average Bonchev–Trinajstić information content (AvgIpc) is 2.66. The quantitative estimate of drug-likeness (QED) is 0.609. The molecule has 0 aliphatic rings. The molecule has 0 saturated carbocycles. The van der Waals surface area contributed by atoms with E-state index in [4.69, 9.17) is 4.74 Å². The van der Waals surface area contributed by atoms with E-state index < -0.39 is 5.92 Å². The van der Waals surface area contributed by atoms with Gasteiger partial charge in [0.2, 0.25) is 0 Å². The highest BCUT2D eigenvalue weighted by molar-refractivity contribution is 5.84. The Bertz CT molecular complexity index is 867. The maximum atomic E-state index is 12.6. The van der Waals surface area contributed by atoms with Crippen molar-refractivity contribution in [2.45, 2.75) is 19.8 Å². The highest BCUT2D eigenvalue weighted by Gasteiger charge is 2.26. The lowest BCUT2D eigenvalue weighted by Gasteiger charge is -2.20. The number of carbonyl (C=O) groups excluding carboxylic acids is 1. The second-order valence-corrected chi connectivity index (χ2v) is 6.24. The third-order valence-corrected chi connectivity index (χ3v) is 4.70. The summed E-state index contributed by atoms with van der Waals surface area (Å²) in [5.41, 5.74) is 6.49. The van der Waals surface area contributed by atoms with E-state index in [1.165, 1.54) is 12.7 Å². The number of hydrogen-bond donors (Lipinski definition) is 0.